The number of Topliss-reactive ketones (excluding diaryl/α,β-unsaturated/α-hetero) is 1. The summed E-state index contributed by atoms with van der Waals surface area (Å²) in [4.78, 5) is 14.6. The average molecular weight is 377 g/mol. The fourth-order valence-electron chi connectivity index (χ4n) is 2.72. The van der Waals surface area contributed by atoms with Crippen LogP contribution in [0.1, 0.15) is 22.0 Å². The zero-order chi connectivity index (χ0) is 19.1. The first-order valence-electron chi connectivity index (χ1n) is 8.34. The van der Waals surface area contributed by atoms with Gasteiger partial charge in [-0.15, -0.1) is 0 Å². The molecule has 0 aromatic heterocycles. The molecule has 0 saturated heterocycles. The van der Waals surface area contributed by atoms with Crippen LogP contribution in [0.3, 0.4) is 0 Å². The Bertz CT molecular complexity index is 732. The maximum Gasteiger partial charge on any atom is 0.176 e. The third-order valence-electron chi connectivity index (χ3n) is 4.21. The normalized spacial score (nSPS) is 12.1. The Morgan fingerprint density at radius 3 is 2.31 bits per heavy atom. The summed E-state index contributed by atoms with van der Waals surface area (Å²) in [5, 5.41) is 3.96. The monoisotopic (exact) mass is 376 g/mol. The number of hydrogen-bond donors (Lipinski definition) is 1. The molecule has 1 unspecified atom stereocenters. The number of hydrogen-bond acceptors (Lipinski definition) is 5. The largest absolute Gasteiger partial charge is 0.493 e. The molecule has 0 spiro atoms. The van der Waals surface area contributed by atoms with Crippen molar-refractivity contribution in [2.45, 2.75) is 6.04 Å². The zero-order valence-corrected chi connectivity index (χ0v) is 16.3. The molecule has 0 aliphatic rings. The Labute approximate surface area is 159 Å². The zero-order valence-electron chi connectivity index (χ0n) is 15.6. The molecule has 26 heavy (non-hydrogen) atoms. The molecule has 0 heterocycles. The van der Waals surface area contributed by atoms with Gasteiger partial charge in [0.25, 0.3) is 0 Å². The highest BCUT2D eigenvalue weighted by Gasteiger charge is 2.15. The lowest BCUT2D eigenvalue weighted by atomic mass is 10.1. The molecule has 0 saturated carbocycles. The summed E-state index contributed by atoms with van der Waals surface area (Å²) >= 11 is 5.96. The van der Waals surface area contributed by atoms with Crippen LogP contribution in [0, 0.1) is 0 Å². The SMILES string of the molecule is COc1ccc(C(=O)CNCC(c2ccc(Cl)cc2)N(C)C)cc1OC. The van der Waals surface area contributed by atoms with E-state index in [-0.39, 0.29) is 18.4 Å². The summed E-state index contributed by atoms with van der Waals surface area (Å²) in [5.41, 5.74) is 1.73. The van der Waals surface area contributed by atoms with E-state index in [1.54, 1.807) is 32.4 Å². The summed E-state index contributed by atoms with van der Waals surface area (Å²) in [6, 6.07) is 13.1. The fraction of sp³-hybridized carbons (Fsp3) is 0.350. The van der Waals surface area contributed by atoms with Crippen molar-refractivity contribution in [3.05, 3.63) is 58.6 Å². The van der Waals surface area contributed by atoms with Gasteiger partial charge in [-0.2, -0.15) is 0 Å². The number of carbonyl (C=O) groups excluding carboxylic acids is 1. The molecule has 2 rings (SSSR count). The fourth-order valence-corrected chi connectivity index (χ4v) is 2.84. The van der Waals surface area contributed by atoms with E-state index in [2.05, 4.69) is 10.2 Å². The third kappa shape index (κ3) is 5.21. The molecule has 0 aliphatic carbocycles. The number of halogens is 1. The maximum absolute atomic E-state index is 12.5. The summed E-state index contributed by atoms with van der Waals surface area (Å²) in [5.74, 6) is 1.15. The number of rotatable bonds is 9. The molecule has 2 aromatic rings. The van der Waals surface area contributed by atoms with Crippen LogP contribution in [-0.2, 0) is 0 Å². The number of carbonyl (C=O) groups is 1. The minimum atomic E-state index is -0.000402. The highest BCUT2D eigenvalue weighted by Crippen LogP contribution is 2.27. The second kappa shape index (κ2) is 9.57. The van der Waals surface area contributed by atoms with Crippen LogP contribution in [-0.4, -0.2) is 52.1 Å². The average Bonchev–Trinajstić information content (AvgIpc) is 2.65. The molecule has 1 atom stereocenters. The van der Waals surface area contributed by atoms with Crippen LogP contribution < -0.4 is 14.8 Å². The quantitative estimate of drug-likeness (QED) is 0.679. The molecule has 0 bridgehead atoms. The van der Waals surface area contributed by atoms with E-state index in [1.165, 1.54) is 0 Å². The van der Waals surface area contributed by atoms with Crippen molar-refractivity contribution in [1.82, 2.24) is 10.2 Å². The predicted octanol–water partition coefficient (Wildman–Crippen LogP) is 3.43. The molecule has 0 radical (unpaired) electrons. The van der Waals surface area contributed by atoms with Gasteiger partial charge in [0.1, 0.15) is 0 Å². The van der Waals surface area contributed by atoms with Crippen molar-refractivity contribution >= 4 is 17.4 Å². The van der Waals surface area contributed by atoms with Gasteiger partial charge in [-0.1, -0.05) is 23.7 Å². The number of ketones is 1. The van der Waals surface area contributed by atoms with Gasteiger partial charge in [0.05, 0.1) is 20.8 Å². The summed E-state index contributed by atoms with van der Waals surface area (Å²) in [6.07, 6.45) is 0. The molecule has 0 fully saturated rings. The molecule has 140 valence electrons. The van der Waals surface area contributed by atoms with Crippen LogP contribution in [0.2, 0.25) is 5.02 Å². The number of nitrogens with one attached hydrogen (secondary N) is 1. The van der Waals surface area contributed by atoms with E-state index in [0.717, 1.165) is 5.56 Å². The molecular formula is C20H25ClN2O3. The number of methoxy groups -OCH3 is 2. The Morgan fingerprint density at radius 2 is 1.73 bits per heavy atom. The Kier molecular flexibility index (Phi) is 7.45. The minimum Gasteiger partial charge on any atom is -0.493 e. The van der Waals surface area contributed by atoms with Gasteiger partial charge in [0.2, 0.25) is 0 Å². The van der Waals surface area contributed by atoms with Gasteiger partial charge in [-0.05, 0) is 50.0 Å². The van der Waals surface area contributed by atoms with Crippen LogP contribution in [0.4, 0.5) is 0 Å². The van der Waals surface area contributed by atoms with Crippen molar-refractivity contribution in [3.63, 3.8) is 0 Å². The molecule has 6 heteroatoms. The predicted molar refractivity (Wildman–Crippen MR) is 105 cm³/mol. The van der Waals surface area contributed by atoms with E-state index in [4.69, 9.17) is 21.1 Å². The molecule has 0 amide bonds. The Morgan fingerprint density at radius 1 is 1.08 bits per heavy atom. The summed E-state index contributed by atoms with van der Waals surface area (Å²) in [7, 11) is 7.14. The van der Waals surface area contributed by atoms with Crippen LogP contribution >= 0.6 is 11.6 Å². The second-order valence-electron chi connectivity index (χ2n) is 6.15. The Hall–Kier alpha value is -2.08. The van der Waals surface area contributed by atoms with Crippen molar-refractivity contribution in [2.24, 2.45) is 0 Å². The van der Waals surface area contributed by atoms with E-state index in [1.807, 2.05) is 38.4 Å². The maximum atomic E-state index is 12.5. The van der Waals surface area contributed by atoms with Crippen molar-refractivity contribution in [3.8, 4) is 11.5 Å². The van der Waals surface area contributed by atoms with Crippen LogP contribution in [0.5, 0.6) is 11.5 Å². The highest BCUT2D eigenvalue weighted by molar-refractivity contribution is 6.30. The van der Waals surface area contributed by atoms with E-state index in [0.29, 0.717) is 28.6 Å². The van der Waals surface area contributed by atoms with Crippen molar-refractivity contribution in [1.29, 1.82) is 0 Å². The first-order chi connectivity index (χ1) is 12.5. The number of ether oxygens (including phenoxy) is 2. The lowest BCUT2D eigenvalue weighted by Gasteiger charge is -2.25. The summed E-state index contributed by atoms with van der Waals surface area (Å²) < 4.78 is 10.5. The molecule has 5 nitrogen and oxygen atoms in total. The van der Waals surface area contributed by atoms with Crippen LogP contribution in [0.15, 0.2) is 42.5 Å². The Balaban J connectivity index is 1.98. The van der Waals surface area contributed by atoms with Gasteiger partial charge in [-0.25, -0.2) is 0 Å². The van der Waals surface area contributed by atoms with E-state index >= 15 is 0 Å². The smallest absolute Gasteiger partial charge is 0.176 e. The highest BCUT2D eigenvalue weighted by atomic mass is 35.5. The van der Waals surface area contributed by atoms with Gasteiger partial charge in [-0.3, -0.25) is 4.79 Å². The number of nitrogens with zero attached hydrogens (tertiary/aromatic N) is 1. The molecule has 2 aromatic carbocycles. The lowest BCUT2D eigenvalue weighted by Crippen LogP contribution is -2.33. The second-order valence-corrected chi connectivity index (χ2v) is 6.59. The number of benzene rings is 2. The molecule has 0 aliphatic heterocycles. The van der Waals surface area contributed by atoms with Gasteiger partial charge in [0.15, 0.2) is 17.3 Å². The minimum absolute atomic E-state index is 0.000402. The van der Waals surface area contributed by atoms with Crippen LogP contribution in [0.25, 0.3) is 0 Å². The molecule has 1 N–H and O–H groups in total. The third-order valence-corrected chi connectivity index (χ3v) is 4.46. The van der Waals surface area contributed by atoms with Crippen molar-refractivity contribution in [2.75, 3.05) is 41.4 Å². The molecular weight excluding hydrogens is 352 g/mol. The van der Waals surface area contributed by atoms with Gasteiger partial charge < -0.3 is 19.7 Å². The topological polar surface area (TPSA) is 50.8 Å². The first kappa shape index (κ1) is 20.2. The lowest BCUT2D eigenvalue weighted by molar-refractivity contribution is 0.0988. The van der Waals surface area contributed by atoms with Crippen molar-refractivity contribution < 1.29 is 14.3 Å². The standard InChI is InChI=1S/C20H25ClN2O3/c1-23(2)17(14-5-8-16(21)9-6-14)12-22-13-18(24)15-7-10-19(25-3)20(11-15)26-4/h5-11,17,22H,12-13H2,1-4H3. The van der Waals surface area contributed by atoms with E-state index < -0.39 is 0 Å². The first-order valence-corrected chi connectivity index (χ1v) is 8.72. The van der Waals surface area contributed by atoms with Gasteiger partial charge >= 0.3 is 0 Å². The van der Waals surface area contributed by atoms with Gasteiger partial charge in [0, 0.05) is 23.2 Å². The summed E-state index contributed by atoms with van der Waals surface area (Å²) in [6.45, 7) is 0.890. The number of likely N-dealkylation sites (N-methyl/N-ethyl adjacent to an activating group) is 1. The van der Waals surface area contributed by atoms with E-state index in [9.17, 15) is 4.79 Å².